The molecule has 0 unspecified atom stereocenters. The topological polar surface area (TPSA) is 139 Å². The highest BCUT2D eigenvalue weighted by Gasteiger charge is 2.63. The maximum Gasteiger partial charge on any atom is 0.411 e. The number of hydrogen-bond donors (Lipinski definition) is 2. The zero-order chi connectivity index (χ0) is 28.0. The molecule has 39 heavy (non-hydrogen) atoms. The largest absolute Gasteiger partial charge is 0.448 e. The van der Waals surface area contributed by atoms with Gasteiger partial charge in [0.15, 0.2) is 17.3 Å². The van der Waals surface area contributed by atoms with Crippen LogP contribution in [0.3, 0.4) is 0 Å². The lowest BCUT2D eigenvalue weighted by Crippen LogP contribution is -2.46. The van der Waals surface area contributed by atoms with Crippen molar-refractivity contribution in [2.75, 3.05) is 44.4 Å². The standard InChI is InChI=1S/C27H37N7O5/c1-25(2,3)17-7-9-18(10-8-17)32-24(35)36-12-11-33(6)13-19-21-27(14-37-19,39-26(4,5)38-21)34-16-31-20-22(28)29-15-30-23(20)34/h7-10,15-16,19,21H,11-14H2,1-6H3,(H,32,35)(H2,28,29,30)/t19-,21-,27+/m1/s1. The van der Waals surface area contributed by atoms with Crippen LogP contribution in [0.25, 0.3) is 11.2 Å². The monoisotopic (exact) mass is 539 g/mol. The molecular weight excluding hydrogens is 502 g/mol. The van der Waals surface area contributed by atoms with Crippen LogP contribution >= 0.6 is 0 Å². The number of aromatic nitrogens is 4. The maximum absolute atomic E-state index is 12.3. The number of anilines is 2. The quantitative estimate of drug-likeness (QED) is 0.460. The fourth-order valence-electron chi connectivity index (χ4n) is 5.13. The summed E-state index contributed by atoms with van der Waals surface area (Å²) in [5.74, 6) is -0.543. The first-order valence-corrected chi connectivity index (χ1v) is 13.0. The van der Waals surface area contributed by atoms with Crippen LogP contribution in [0.15, 0.2) is 36.9 Å². The minimum absolute atomic E-state index is 0.0483. The van der Waals surface area contributed by atoms with Gasteiger partial charge in [-0.1, -0.05) is 32.9 Å². The van der Waals surface area contributed by atoms with E-state index in [0.717, 1.165) is 0 Å². The molecule has 2 aliphatic heterocycles. The molecule has 2 aromatic heterocycles. The summed E-state index contributed by atoms with van der Waals surface area (Å²) < 4.78 is 26.2. The predicted molar refractivity (Wildman–Crippen MR) is 145 cm³/mol. The van der Waals surface area contributed by atoms with E-state index in [-0.39, 0.29) is 24.7 Å². The van der Waals surface area contributed by atoms with Crippen molar-refractivity contribution in [2.24, 2.45) is 0 Å². The fraction of sp³-hybridized carbons (Fsp3) is 0.556. The van der Waals surface area contributed by atoms with Crippen molar-refractivity contribution in [3.8, 4) is 0 Å². The zero-order valence-corrected chi connectivity index (χ0v) is 23.3. The second-order valence-corrected chi connectivity index (χ2v) is 11.6. The van der Waals surface area contributed by atoms with Crippen LogP contribution in [0.2, 0.25) is 0 Å². The number of hydrogen-bond acceptors (Lipinski definition) is 10. The third-order valence-electron chi connectivity index (χ3n) is 7.08. The van der Waals surface area contributed by atoms with Gasteiger partial charge >= 0.3 is 6.09 Å². The van der Waals surface area contributed by atoms with Gasteiger partial charge in [-0.05, 0) is 44.0 Å². The molecule has 1 amide bonds. The second kappa shape index (κ2) is 10.0. The Hall–Kier alpha value is -3.32. The fourth-order valence-corrected chi connectivity index (χ4v) is 5.13. The van der Waals surface area contributed by atoms with Gasteiger partial charge in [-0.2, -0.15) is 0 Å². The number of carbonyl (C=O) groups excluding carboxylic acids is 1. The molecule has 3 aromatic rings. The molecule has 3 atom stereocenters. The van der Waals surface area contributed by atoms with E-state index in [9.17, 15) is 4.79 Å². The van der Waals surface area contributed by atoms with Crippen LogP contribution in [0.4, 0.5) is 16.3 Å². The molecule has 0 bridgehead atoms. The van der Waals surface area contributed by atoms with Crippen LogP contribution in [-0.2, 0) is 30.1 Å². The summed E-state index contributed by atoms with van der Waals surface area (Å²) in [6.07, 6.45) is 1.82. The lowest BCUT2D eigenvalue weighted by molar-refractivity contribution is -0.205. The van der Waals surface area contributed by atoms with Crippen molar-refractivity contribution in [3.63, 3.8) is 0 Å². The Bertz CT molecular complexity index is 1340. The van der Waals surface area contributed by atoms with E-state index in [2.05, 4.69) is 41.0 Å². The lowest BCUT2D eigenvalue weighted by atomic mass is 9.87. The minimum Gasteiger partial charge on any atom is -0.448 e. The van der Waals surface area contributed by atoms with Crippen molar-refractivity contribution in [1.82, 2.24) is 24.4 Å². The van der Waals surface area contributed by atoms with Crippen LogP contribution in [-0.4, -0.2) is 81.9 Å². The Morgan fingerprint density at radius 2 is 1.97 bits per heavy atom. The molecule has 210 valence electrons. The third kappa shape index (κ3) is 5.42. The lowest BCUT2D eigenvalue weighted by Gasteiger charge is -2.29. The number of ether oxygens (including phenoxy) is 4. The molecule has 5 rings (SSSR count). The predicted octanol–water partition coefficient (Wildman–Crippen LogP) is 3.09. The van der Waals surface area contributed by atoms with Crippen molar-refractivity contribution in [3.05, 3.63) is 42.5 Å². The van der Waals surface area contributed by atoms with Crippen molar-refractivity contribution in [1.29, 1.82) is 0 Å². The first-order valence-electron chi connectivity index (χ1n) is 13.0. The average Bonchev–Trinajstić information content (AvgIpc) is 3.50. The number of imidazole rings is 1. The SMILES string of the molecule is CN(CCOC(=O)Nc1ccc(C(C)(C)C)cc1)C[C@H]1OC[C@]2(n3cnc4c(N)ncnc43)OC(C)(C)O[C@H]12. The summed E-state index contributed by atoms with van der Waals surface area (Å²) in [4.78, 5) is 27.2. The van der Waals surface area contributed by atoms with Gasteiger partial charge < -0.3 is 29.6 Å². The van der Waals surface area contributed by atoms with Gasteiger partial charge in [0.05, 0.1) is 12.9 Å². The molecule has 1 aromatic carbocycles. The molecule has 0 saturated carbocycles. The average molecular weight is 540 g/mol. The molecule has 12 nitrogen and oxygen atoms in total. The number of nitrogen functional groups attached to an aromatic ring is 1. The Labute approximate surface area is 227 Å². The van der Waals surface area contributed by atoms with Crippen LogP contribution in [0.5, 0.6) is 0 Å². The molecule has 0 radical (unpaired) electrons. The van der Waals surface area contributed by atoms with Crippen molar-refractivity contribution in [2.45, 2.75) is 63.8 Å². The first-order chi connectivity index (χ1) is 18.4. The minimum atomic E-state index is -0.955. The van der Waals surface area contributed by atoms with E-state index in [1.165, 1.54) is 11.9 Å². The number of rotatable bonds is 7. The van der Waals surface area contributed by atoms with E-state index in [4.69, 9.17) is 24.7 Å². The smallest absolute Gasteiger partial charge is 0.411 e. The van der Waals surface area contributed by atoms with Gasteiger partial charge in [0.25, 0.3) is 0 Å². The summed E-state index contributed by atoms with van der Waals surface area (Å²) >= 11 is 0. The highest BCUT2D eigenvalue weighted by molar-refractivity contribution is 5.84. The Morgan fingerprint density at radius 1 is 1.23 bits per heavy atom. The number of nitrogens with two attached hydrogens (primary N) is 1. The van der Waals surface area contributed by atoms with E-state index in [0.29, 0.717) is 35.8 Å². The normalized spacial score (nSPS) is 24.3. The van der Waals surface area contributed by atoms with Gasteiger partial charge in [0.2, 0.25) is 5.72 Å². The number of fused-ring (bicyclic) bond motifs is 2. The van der Waals surface area contributed by atoms with Crippen molar-refractivity contribution >= 4 is 28.8 Å². The number of benzene rings is 1. The van der Waals surface area contributed by atoms with E-state index < -0.39 is 23.7 Å². The molecule has 2 fully saturated rings. The molecule has 12 heteroatoms. The number of likely N-dealkylation sites (N-methyl/N-ethyl adjacent to an activating group) is 1. The summed E-state index contributed by atoms with van der Waals surface area (Å²) in [7, 11) is 1.94. The summed E-state index contributed by atoms with van der Waals surface area (Å²) in [6, 6.07) is 7.78. The summed E-state index contributed by atoms with van der Waals surface area (Å²) in [6.45, 7) is 11.7. The maximum atomic E-state index is 12.3. The molecule has 0 spiro atoms. The number of nitrogens with zero attached hydrogens (tertiary/aromatic N) is 5. The Kier molecular flexibility index (Phi) is 7.00. The summed E-state index contributed by atoms with van der Waals surface area (Å²) in [5.41, 5.74) is 8.04. The molecule has 3 N–H and O–H groups in total. The number of carbonyl (C=O) groups is 1. The van der Waals surface area contributed by atoms with Gasteiger partial charge in [-0.25, -0.2) is 19.7 Å². The number of amides is 1. The van der Waals surface area contributed by atoms with Crippen LogP contribution in [0, 0.1) is 0 Å². The Morgan fingerprint density at radius 3 is 2.69 bits per heavy atom. The van der Waals surface area contributed by atoms with Gasteiger partial charge in [0.1, 0.15) is 30.7 Å². The summed E-state index contributed by atoms with van der Waals surface area (Å²) in [5, 5.41) is 2.78. The van der Waals surface area contributed by atoms with Crippen LogP contribution in [0.1, 0.15) is 40.2 Å². The van der Waals surface area contributed by atoms with E-state index in [1.807, 2.05) is 54.6 Å². The van der Waals surface area contributed by atoms with Crippen LogP contribution < -0.4 is 11.1 Å². The second-order valence-electron chi connectivity index (χ2n) is 11.6. The highest BCUT2D eigenvalue weighted by atomic mass is 16.8. The van der Waals surface area contributed by atoms with E-state index in [1.54, 1.807) is 6.33 Å². The first kappa shape index (κ1) is 27.3. The third-order valence-corrected chi connectivity index (χ3v) is 7.08. The molecule has 2 saturated heterocycles. The van der Waals surface area contributed by atoms with Crippen molar-refractivity contribution < 1.29 is 23.7 Å². The molecule has 4 heterocycles. The van der Waals surface area contributed by atoms with Gasteiger partial charge in [-0.3, -0.25) is 9.88 Å². The molecule has 0 aliphatic carbocycles. The van der Waals surface area contributed by atoms with Gasteiger partial charge in [-0.15, -0.1) is 0 Å². The number of nitrogens with one attached hydrogen (secondary N) is 1. The molecule has 2 aliphatic rings. The van der Waals surface area contributed by atoms with Gasteiger partial charge in [0, 0.05) is 18.8 Å². The van der Waals surface area contributed by atoms with E-state index >= 15 is 0 Å². The zero-order valence-electron chi connectivity index (χ0n) is 23.3. The Balaban J connectivity index is 1.18. The highest BCUT2D eigenvalue weighted by Crippen LogP contribution is 2.47. The molecular formula is C27H37N7O5.